The van der Waals surface area contributed by atoms with Gasteiger partial charge in [0.2, 0.25) is 11.8 Å². The van der Waals surface area contributed by atoms with Gasteiger partial charge in [-0.3, -0.25) is 9.59 Å². The average molecular weight is 404 g/mol. The Kier molecular flexibility index (Phi) is 11.7. The Morgan fingerprint density at radius 3 is 2.56 bits per heavy atom. The van der Waals surface area contributed by atoms with Crippen molar-refractivity contribution in [3.8, 4) is 0 Å². The summed E-state index contributed by atoms with van der Waals surface area (Å²) < 4.78 is 15.9. The molecule has 1 aromatic heterocycles. The van der Waals surface area contributed by atoms with E-state index in [1.54, 1.807) is 11.8 Å². The third-order valence-corrected chi connectivity index (χ3v) is 3.83. The van der Waals surface area contributed by atoms with Crippen molar-refractivity contribution >= 4 is 23.4 Å². The van der Waals surface area contributed by atoms with E-state index in [0.29, 0.717) is 45.9 Å². The van der Waals surface area contributed by atoms with Crippen LogP contribution in [-0.2, 0) is 20.8 Å². The van der Waals surface area contributed by atoms with Gasteiger partial charge in [-0.15, -0.1) is 11.6 Å². The van der Waals surface area contributed by atoms with Crippen LogP contribution in [0.1, 0.15) is 50.0 Å². The summed E-state index contributed by atoms with van der Waals surface area (Å²) in [4.78, 5) is 30.1. The number of nitrogens with one attached hydrogen (secondary N) is 1. The van der Waals surface area contributed by atoms with Crippen molar-refractivity contribution in [2.24, 2.45) is 0 Å². The van der Waals surface area contributed by atoms with Crippen molar-refractivity contribution < 1.29 is 23.5 Å². The van der Waals surface area contributed by atoms with Gasteiger partial charge in [-0.05, 0) is 33.6 Å². The molecule has 27 heavy (non-hydrogen) atoms. The first-order valence-corrected chi connectivity index (χ1v) is 9.74. The molecule has 0 saturated carbocycles. The van der Waals surface area contributed by atoms with E-state index in [4.69, 9.17) is 25.5 Å². The molecule has 0 fully saturated rings. The summed E-state index contributed by atoms with van der Waals surface area (Å²) in [5, 5.41) is 2.10. The third kappa shape index (κ3) is 9.21. The average Bonchev–Trinajstić information content (AvgIpc) is 3.12. The molecule has 1 aromatic rings. The standard InChI is InChI=1S/C18H30ClN3O5/c1-4-25-10-6-8-20-17(23)15-13-27-16(21-15)12-22(18(24)14(3)19)9-7-11-26-5-2/h13-14H,4-12H2,1-3H3,(H,20,23). The predicted molar refractivity (Wildman–Crippen MR) is 102 cm³/mol. The number of carbonyl (C=O) groups excluding carboxylic acids is 2. The van der Waals surface area contributed by atoms with Crippen LogP contribution in [0.25, 0.3) is 0 Å². The number of nitrogens with zero attached hydrogens (tertiary/aromatic N) is 2. The highest BCUT2D eigenvalue weighted by Crippen LogP contribution is 2.10. The predicted octanol–water partition coefficient (Wildman–Crippen LogP) is 2.21. The topological polar surface area (TPSA) is 93.9 Å². The van der Waals surface area contributed by atoms with Crippen molar-refractivity contribution in [1.29, 1.82) is 0 Å². The minimum Gasteiger partial charge on any atom is -0.446 e. The maximum absolute atomic E-state index is 12.3. The van der Waals surface area contributed by atoms with Crippen LogP contribution in [0.3, 0.4) is 0 Å². The number of amides is 2. The van der Waals surface area contributed by atoms with Gasteiger partial charge in [0.25, 0.3) is 5.91 Å². The second-order valence-electron chi connectivity index (χ2n) is 5.86. The van der Waals surface area contributed by atoms with Gasteiger partial charge in [0.15, 0.2) is 5.69 Å². The van der Waals surface area contributed by atoms with E-state index >= 15 is 0 Å². The number of hydrogen-bond acceptors (Lipinski definition) is 6. The molecule has 0 aliphatic carbocycles. The fraction of sp³-hybridized carbons (Fsp3) is 0.722. The maximum Gasteiger partial charge on any atom is 0.273 e. The zero-order chi connectivity index (χ0) is 20.1. The first-order chi connectivity index (χ1) is 13.0. The highest BCUT2D eigenvalue weighted by molar-refractivity contribution is 6.30. The van der Waals surface area contributed by atoms with Gasteiger partial charge in [-0.1, -0.05) is 0 Å². The molecule has 0 spiro atoms. The zero-order valence-corrected chi connectivity index (χ0v) is 17.1. The van der Waals surface area contributed by atoms with Crippen LogP contribution in [0.2, 0.25) is 0 Å². The second kappa shape index (κ2) is 13.5. The second-order valence-corrected chi connectivity index (χ2v) is 6.51. The van der Waals surface area contributed by atoms with Crippen LogP contribution < -0.4 is 5.32 Å². The number of halogens is 1. The molecule has 2 amide bonds. The van der Waals surface area contributed by atoms with E-state index in [1.165, 1.54) is 6.26 Å². The Morgan fingerprint density at radius 1 is 1.26 bits per heavy atom. The minimum absolute atomic E-state index is 0.152. The number of ether oxygens (including phenoxy) is 2. The van der Waals surface area contributed by atoms with Gasteiger partial charge in [0, 0.05) is 39.5 Å². The maximum atomic E-state index is 12.3. The Hall–Kier alpha value is -1.64. The van der Waals surface area contributed by atoms with Crippen molar-refractivity contribution in [1.82, 2.24) is 15.2 Å². The minimum atomic E-state index is -0.653. The van der Waals surface area contributed by atoms with Gasteiger partial charge in [0.05, 0.1) is 6.54 Å². The Bertz CT molecular complexity index is 565. The Morgan fingerprint density at radius 2 is 1.93 bits per heavy atom. The fourth-order valence-electron chi connectivity index (χ4n) is 2.28. The van der Waals surface area contributed by atoms with E-state index in [-0.39, 0.29) is 29.9 Å². The number of hydrogen-bond donors (Lipinski definition) is 1. The van der Waals surface area contributed by atoms with E-state index in [0.717, 1.165) is 6.42 Å². The van der Waals surface area contributed by atoms with Crippen molar-refractivity contribution in [2.45, 2.75) is 45.5 Å². The highest BCUT2D eigenvalue weighted by atomic mass is 35.5. The molecule has 0 aromatic carbocycles. The number of oxazole rings is 1. The molecule has 0 saturated heterocycles. The van der Waals surface area contributed by atoms with Crippen LogP contribution >= 0.6 is 11.6 Å². The lowest BCUT2D eigenvalue weighted by Gasteiger charge is -2.22. The summed E-state index contributed by atoms with van der Waals surface area (Å²) in [7, 11) is 0. The molecule has 1 atom stereocenters. The lowest BCUT2D eigenvalue weighted by Crippen LogP contribution is -2.36. The summed E-state index contributed by atoms with van der Waals surface area (Å²) in [5.41, 5.74) is 0.182. The molecule has 0 bridgehead atoms. The van der Waals surface area contributed by atoms with Crippen LogP contribution in [0.5, 0.6) is 0 Å². The van der Waals surface area contributed by atoms with E-state index in [2.05, 4.69) is 10.3 Å². The monoisotopic (exact) mass is 403 g/mol. The summed E-state index contributed by atoms with van der Waals surface area (Å²) in [6, 6.07) is 0. The molecule has 1 rings (SSSR count). The molecule has 8 nitrogen and oxygen atoms in total. The zero-order valence-electron chi connectivity index (χ0n) is 16.3. The summed E-state index contributed by atoms with van der Waals surface area (Å²) in [5.74, 6) is -0.244. The van der Waals surface area contributed by atoms with Gasteiger partial charge < -0.3 is 24.1 Å². The summed E-state index contributed by atoms with van der Waals surface area (Å²) in [6.07, 6.45) is 2.69. The van der Waals surface area contributed by atoms with Crippen LogP contribution in [0.4, 0.5) is 0 Å². The summed E-state index contributed by atoms with van der Waals surface area (Å²) in [6.45, 7) is 9.00. The molecule has 154 valence electrons. The first kappa shape index (κ1) is 23.4. The van der Waals surface area contributed by atoms with Gasteiger partial charge in [-0.25, -0.2) is 4.98 Å². The SMILES string of the molecule is CCOCCCNC(=O)c1coc(CN(CCCOCC)C(=O)C(C)Cl)n1. The van der Waals surface area contributed by atoms with Crippen molar-refractivity contribution in [2.75, 3.05) is 39.5 Å². The Balaban J connectivity index is 2.56. The molecule has 0 aliphatic rings. The number of rotatable bonds is 14. The van der Waals surface area contributed by atoms with Gasteiger partial charge in [-0.2, -0.15) is 0 Å². The number of carbonyl (C=O) groups is 2. The van der Waals surface area contributed by atoms with Crippen molar-refractivity contribution in [3.63, 3.8) is 0 Å². The van der Waals surface area contributed by atoms with Crippen LogP contribution in [0.15, 0.2) is 10.7 Å². The fourth-order valence-corrected chi connectivity index (χ4v) is 2.42. The lowest BCUT2D eigenvalue weighted by atomic mass is 10.3. The summed E-state index contributed by atoms with van der Waals surface area (Å²) >= 11 is 5.93. The Labute approximate surface area is 165 Å². The first-order valence-electron chi connectivity index (χ1n) is 9.30. The van der Waals surface area contributed by atoms with E-state index in [9.17, 15) is 9.59 Å². The van der Waals surface area contributed by atoms with Crippen LogP contribution in [-0.4, -0.2) is 66.6 Å². The largest absolute Gasteiger partial charge is 0.446 e. The number of alkyl halides is 1. The van der Waals surface area contributed by atoms with E-state index in [1.807, 2.05) is 13.8 Å². The molecule has 9 heteroatoms. The molecular weight excluding hydrogens is 374 g/mol. The molecule has 1 heterocycles. The third-order valence-electron chi connectivity index (χ3n) is 3.64. The smallest absolute Gasteiger partial charge is 0.273 e. The molecular formula is C18H30ClN3O5. The van der Waals surface area contributed by atoms with E-state index < -0.39 is 5.38 Å². The highest BCUT2D eigenvalue weighted by Gasteiger charge is 2.21. The normalized spacial score (nSPS) is 12.0. The van der Waals surface area contributed by atoms with Gasteiger partial charge in [0.1, 0.15) is 11.6 Å². The molecule has 1 N–H and O–H groups in total. The quantitative estimate of drug-likeness (QED) is 0.378. The van der Waals surface area contributed by atoms with Crippen molar-refractivity contribution in [3.05, 3.63) is 17.8 Å². The molecule has 0 aliphatic heterocycles. The number of aromatic nitrogens is 1. The molecule has 1 unspecified atom stereocenters. The molecule has 0 radical (unpaired) electrons. The van der Waals surface area contributed by atoms with Crippen LogP contribution in [0, 0.1) is 0 Å². The lowest BCUT2D eigenvalue weighted by molar-refractivity contribution is -0.131. The van der Waals surface area contributed by atoms with Gasteiger partial charge >= 0.3 is 0 Å².